The van der Waals surface area contributed by atoms with Crippen LogP contribution in [0.2, 0.25) is 0 Å². The van der Waals surface area contributed by atoms with E-state index in [-0.39, 0.29) is 18.7 Å². The van der Waals surface area contributed by atoms with E-state index >= 15 is 0 Å². The molecule has 1 heterocycles. The summed E-state index contributed by atoms with van der Waals surface area (Å²) in [4.78, 5) is 35.3. The summed E-state index contributed by atoms with van der Waals surface area (Å²) < 4.78 is 1.18. The Hall–Kier alpha value is -1.69. The molecule has 0 saturated heterocycles. The summed E-state index contributed by atoms with van der Waals surface area (Å²) >= 11 is 0. The van der Waals surface area contributed by atoms with Gasteiger partial charge in [-0.3, -0.25) is 19.1 Å². The predicted molar refractivity (Wildman–Crippen MR) is 57.4 cm³/mol. The van der Waals surface area contributed by atoms with E-state index < -0.39 is 17.4 Å². The molecule has 0 aromatic carbocycles. The zero-order valence-electron chi connectivity index (χ0n) is 9.19. The molecule has 0 saturated carbocycles. The van der Waals surface area contributed by atoms with Crippen molar-refractivity contribution >= 4 is 5.78 Å². The summed E-state index contributed by atoms with van der Waals surface area (Å²) in [5.41, 5.74) is -0.643. The molecule has 0 fully saturated rings. The Labute approximate surface area is 91.5 Å². The first kappa shape index (κ1) is 12.4. The van der Waals surface area contributed by atoms with Gasteiger partial charge in [0.05, 0.1) is 12.6 Å². The zero-order chi connectivity index (χ0) is 12.3. The topological polar surface area (TPSA) is 92.2 Å². The minimum Gasteiger partial charge on any atom is -0.391 e. The van der Waals surface area contributed by atoms with E-state index in [9.17, 15) is 19.5 Å². The Bertz CT molecular complexity index is 500. The maximum atomic E-state index is 11.3. The molecule has 0 aliphatic heterocycles. The highest BCUT2D eigenvalue weighted by Gasteiger charge is 2.10. The van der Waals surface area contributed by atoms with Crippen LogP contribution in [0.25, 0.3) is 0 Å². The van der Waals surface area contributed by atoms with Crippen LogP contribution in [0, 0.1) is 6.92 Å². The first-order valence-electron chi connectivity index (χ1n) is 4.88. The lowest BCUT2D eigenvalue weighted by Gasteiger charge is -2.10. The molecule has 0 aliphatic rings. The van der Waals surface area contributed by atoms with E-state index in [4.69, 9.17) is 0 Å². The first-order chi connectivity index (χ1) is 7.40. The molecular formula is C10H14N2O4. The molecule has 6 heteroatoms. The molecular weight excluding hydrogens is 212 g/mol. The summed E-state index contributed by atoms with van der Waals surface area (Å²) in [6.07, 6.45) is 0.440. The summed E-state index contributed by atoms with van der Waals surface area (Å²) in [7, 11) is 0. The zero-order valence-corrected chi connectivity index (χ0v) is 9.19. The summed E-state index contributed by atoms with van der Waals surface area (Å²) in [5.74, 6) is -0.151. The number of ketones is 1. The molecule has 1 aromatic heterocycles. The molecule has 6 nitrogen and oxygen atoms in total. The molecule has 0 bridgehead atoms. The van der Waals surface area contributed by atoms with Crippen molar-refractivity contribution < 1.29 is 9.90 Å². The maximum absolute atomic E-state index is 11.3. The summed E-state index contributed by atoms with van der Waals surface area (Å²) in [5, 5.41) is 9.49. The normalized spacial score (nSPS) is 12.4. The Morgan fingerprint density at radius 3 is 2.75 bits per heavy atom. The van der Waals surface area contributed by atoms with Crippen LogP contribution < -0.4 is 11.2 Å². The molecule has 16 heavy (non-hydrogen) atoms. The number of nitrogens with zero attached hydrogens (tertiary/aromatic N) is 1. The van der Waals surface area contributed by atoms with Crippen LogP contribution in [-0.4, -0.2) is 26.5 Å². The molecule has 88 valence electrons. The highest BCUT2D eigenvalue weighted by Crippen LogP contribution is 1.96. The molecule has 1 unspecified atom stereocenters. The Morgan fingerprint density at radius 1 is 1.56 bits per heavy atom. The summed E-state index contributed by atoms with van der Waals surface area (Å²) in [6, 6.07) is 0. The number of carbonyl (C=O) groups excluding carboxylic acids is 1. The SMILES string of the molecule is CC(=O)CC(O)Cn1cc(C)c(=O)[nH]c1=O. The van der Waals surface area contributed by atoms with Crippen LogP contribution in [-0.2, 0) is 11.3 Å². The quantitative estimate of drug-likeness (QED) is 0.702. The number of aliphatic hydroxyl groups is 1. The number of hydrogen-bond donors (Lipinski definition) is 2. The van der Waals surface area contributed by atoms with Gasteiger partial charge in [0.2, 0.25) is 0 Å². The van der Waals surface area contributed by atoms with Crippen molar-refractivity contribution in [1.29, 1.82) is 0 Å². The van der Waals surface area contributed by atoms with E-state index in [0.29, 0.717) is 5.56 Å². The van der Waals surface area contributed by atoms with E-state index in [1.54, 1.807) is 6.92 Å². The van der Waals surface area contributed by atoms with Crippen molar-refractivity contribution in [3.8, 4) is 0 Å². The molecule has 0 amide bonds. The predicted octanol–water partition coefficient (Wildman–Crippen LogP) is -0.815. The van der Waals surface area contributed by atoms with Crippen LogP contribution >= 0.6 is 0 Å². The van der Waals surface area contributed by atoms with Gasteiger partial charge in [-0.25, -0.2) is 4.79 Å². The third-order valence-electron chi connectivity index (χ3n) is 2.12. The van der Waals surface area contributed by atoms with Gasteiger partial charge in [0.25, 0.3) is 5.56 Å². The fourth-order valence-electron chi connectivity index (χ4n) is 1.38. The van der Waals surface area contributed by atoms with Gasteiger partial charge >= 0.3 is 5.69 Å². The molecule has 1 aromatic rings. The number of nitrogens with one attached hydrogen (secondary N) is 1. The summed E-state index contributed by atoms with van der Waals surface area (Å²) in [6.45, 7) is 2.92. The van der Waals surface area contributed by atoms with Crippen LogP contribution in [0.15, 0.2) is 15.8 Å². The lowest BCUT2D eigenvalue weighted by molar-refractivity contribution is -0.119. The average Bonchev–Trinajstić information content (AvgIpc) is 2.12. The van der Waals surface area contributed by atoms with Crippen molar-refractivity contribution in [3.63, 3.8) is 0 Å². The van der Waals surface area contributed by atoms with E-state index in [1.165, 1.54) is 17.7 Å². The number of Topliss-reactive ketones (excluding diaryl/α,β-unsaturated/α-hetero) is 1. The van der Waals surface area contributed by atoms with Gasteiger partial charge in [0.1, 0.15) is 5.78 Å². The van der Waals surface area contributed by atoms with Gasteiger partial charge in [-0.1, -0.05) is 0 Å². The van der Waals surface area contributed by atoms with Crippen LogP contribution in [0.3, 0.4) is 0 Å². The van der Waals surface area contributed by atoms with Gasteiger partial charge in [0.15, 0.2) is 0 Å². The maximum Gasteiger partial charge on any atom is 0.328 e. The van der Waals surface area contributed by atoms with Crippen molar-refractivity contribution in [2.24, 2.45) is 0 Å². The number of aromatic nitrogens is 2. The number of carbonyl (C=O) groups is 1. The molecule has 1 atom stereocenters. The lowest BCUT2D eigenvalue weighted by atomic mass is 10.2. The lowest BCUT2D eigenvalue weighted by Crippen LogP contribution is -2.34. The Morgan fingerprint density at radius 2 is 2.19 bits per heavy atom. The van der Waals surface area contributed by atoms with Crippen LogP contribution in [0.5, 0.6) is 0 Å². The smallest absolute Gasteiger partial charge is 0.328 e. The molecule has 0 aliphatic carbocycles. The number of hydrogen-bond acceptors (Lipinski definition) is 4. The Balaban J connectivity index is 2.90. The molecule has 0 radical (unpaired) electrons. The first-order valence-corrected chi connectivity index (χ1v) is 4.88. The number of rotatable bonds is 4. The number of aryl methyl sites for hydroxylation is 1. The van der Waals surface area contributed by atoms with Gasteiger partial charge in [0, 0.05) is 18.2 Å². The fourth-order valence-corrected chi connectivity index (χ4v) is 1.38. The van der Waals surface area contributed by atoms with Crippen LogP contribution in [0.4, 0.5) is 0 Å². The number of aromatic amines is 1. The van der Waals surface area contributed by atoms with Gasteiger partial charge in [-0.15, -0.1) is 0 Å². The minimum atomic E-state index is -0.916. The highest BCUT2D eigenvalue weighted by molar-refractivity contribution is 5.75. The van der Waals surface area contributed by atoms with Crippen molar-refractivity contribution in [3.05, 3.63) is 32.6 Å². The fraction of sp³-hybridized carbons (Fsp3) is 0.500. The second-order valence-electron chi connectivity index (χ2n) is 3.78. The van der Waals surface area contributed by atoms with Gasteiger partial charge in [-0.05, 0) is 13.8 Å². The average molecular weight is 226 g/mol. The third kappa shape index (κ3) is 3.16. The van der Waals surface area contributed by atoms with Gasteiger partial charge < -0.3 is 5.11 Å². The van der Waals surface area contributed by atoms with E-state index in [2.05, 4.69) is 4.98 Å². The molecule has 2 N–H and O–H groups in total. The van der Waals surface area contributed by atoms with E-state index in [1.807, 2.05) is 0 Å². The number of aliphatic hydroxyl groups excluding tert-OH is 1. The molecule has 1 rings (SSSR count). The van der Waals surface area contributed by atoms with Crippen molar-refractivity contribution in [2.45, 2.75) is 32.9 Å². The number of H-pyrrole nitrogens is 1. The van der Waals surface area contributed by atoms with Crippen LogP contribution in [0.1, 0.15) is 18.9 Å². The largest absolute Gasteiger partial charge is 0.391 e. The highest BCUT2D eigenvalue weighted by atomic mass is 16.3. The second-order valence-corrected chi connectivity index (χ2v) is 3.78. The third-order valence-corrected chi connectivity index (χ3v) is 2.12. The van der Waals surface area contributed by atoms with Crippen molar-refractivity contribution in [2.75, 3.05) is 0 Å². The Kier molecular flexibility index (Phi) is 3.78. The van der Waals surface area contributed by atoms with Gasteiger partial charge in [-0.2, -0.15) is 0 Å². The second kappa shape index (κ2) is 4.89. The van der Waals surface area contributed by atoms with Crippen molar-refractivity contribution in [1.82, 2.24) is 9.55 Å². The molecule has 0 spiro atoms. The minimum absolute atomic E-state index is 0.00394. The standard InChI is InChI=1S/C10H14N2O4/c1-6-4-12(10(16)11-9(6)15)5-8(14)3-7(2)13/h4,8,14H,3,5H2,1-2H3,(H,11,15,16). The van der Waals surface area contributed by atoms with E-state index in [0.717, 1.165) is 0 Å². The monoisotopic (exact) mass is 226 g/mol.